The van der Waals surface area contributed by atoms with Gasteiger partial charge in [0.05, 0.1) is 27.0 Å². The van der Waals surface area contributed by atoms with Crippen LogP contribution >= 0.6 is 11.3 Å². The minimum Gasteiger partial charge on any atom is -0.495 e. The van der Waals surface area contributed by atoms with Crippen LogP contribution in [0.1, 0.15) is 16.1 Å². The van der Waals surface area contributed by atoms with Crippen molar-refractivity contribution in [3.8, 4) is 11.5 Å². The van der Waals surface area contributed by atoms with Gasteiger partial charge in [0.15, 0.2) is 5.13 Å². The van der Waals surface area contributed by atoms with Crippen molar-refractivity contribution in [3.05, 3.63) is 84.3 Å². The Morgan fingerprint density at radius 1 is 0.969 bits per heavy atom. The molecule has 160 valence electrons. The van der Waals surface area contributed by atoms with Crippen LogP contribution in [0.3, 0.4) is 0 Å². The van der Waals surface area contributed by atoms with Crippen molar-refractivity contribution in [3.63, 3.8) is 0 Å². The van der Waals surface area contributed by atoms with Gasteiger partial charge in [0, 0.05) is 5.56 Å². The van der Waals surface area contributed by atoms with Gasteiger partial charge in [-0.15, -0.1) is 0 Å². The molecule has 2 heterocycles. The zero-order valence-electron chi connectivity index (χ0n) is 17.6. The molecule has 0 atom stereocenters. The Hall–Kier alpha value is -3.84. The van der Waals surface area contributed by atoms with E-state index in [1.807, 2.05) is 60.7 Å². The molecular formula is C25H20N2O4S. The number of fused-ring (bicyclic) bond motifs is 2. The first kappa shape index (κ1) is 20.1. The Morgan fingerprint density at radius 2 is 1.75 bits per heavy atom. The minimum atomic E-state index is -0.163. The van der Waals surface area contributed by atoms with E-state index >= 15 is 0 Å². The van der Waals surface area contributed by atoms with E-state index in [-0.39, 0.29) is 12.5 Å². The van der Waals surface area contributed by atoms with E-state index in [1.165, 1.54) is 11.3 Å². The Balaban J connectivity index is 1.63. The smallest absolute Gasteiger partial charge is 0.260 e. The number of hydrogen-bond donors (Lipinski definition) is 0. The molecule has 5 rings (SSSR count). The monoisotopic (exact) mass is 444 g/mol. The number of aromatic nitrogens is 1. The molecule has 6 nitrogen and oxygen atoms in total. The number of hydrogen-bond acceptors (Lipinski definition) is 6. The molecule has 0 bridgehead atoms. The molecule has 3 aromatic carbocycles. The lowest BCUT2D eigenvalue weighted by Gasteiger charge is -2.19. The van der Waals surface area contributed by atoms with E-state index < -0.39 is 0 Å². The van der Waals surface area contributed by atoms with Crippen LogP contribution in [0, 0.1) is 0 Å². The topological polar surface area (TPSA) is 64.8 Å². The molecule has 0 radical (unpaired) electrons. The van der Waals surface area contributed by atoms with Crippen LogP contribution < -0.4 is 14.4 Å². The number of carbonyl (C=O) groups excluding carboxylic acids is 1. The third kappa shape index (κ3) is 3.56. The number of ether oxygens (including phenoxy) is 2. The number of thiazole rings is 1. The van der Waals surface area contributed by atoms with Crippen LogP contribution in [0.15, 0.2) is 77.4 Å². The predicted octanol–water partition coefficient (Wildman–Crippen LogP) is 5.91. The van der Waals surface area contributed by atoms with Gasteiger partial charge in [-0.25, -0.2) is 4.98 Å². The molecule has 0 aliphatic heterocycles. The molecule has 0 saturated heterocycles. The Morgan fingerprint density at radius 3 is 2.50 bits per heavy atom. The second-order valence-electron chi connectivity index (χ2n) is 7.18. The number of benzene rings is 3. The van der Waals surface area contributed by atoms with Crippen LogP contribution in [0.4, 0.5) is 5.13 Å². The SMILES string of the molecule is COc1ccc(OC)c2sc(N(Cc3ccco3)C(=O)c3ccc4ccccc4c3)nc12. The number of furan rings is 1. The van der Waals surface area contributed by atoms with Crippen LogP contribution in [-0.4, -0.2) is 25.1 Å². The summed E-state index contributed by atoms with van der Waals surface area (Å²) in [4.78, 5) is 20.1. The summed E-state index contributed by atoms with van der Waals surface area (Å²) >= 11 is 1.38. The van der Waals surface area contributed by atoms with Crippen molar-refractivity contribution in [2.75, 3.05) is 19.1 Å². The lowest BCUT2D eigenvalue weighted by molar-refractivity contribution is 0.0983. The van der Waals surface area contributed by atoms with Gasteiger partial charge in [-0.3, -0.25) is 9.69 Å². The fraction of sp³-hybridized carbons (Fsp3) is 0.120. The number of rotatable bonds is 6. The number of nitrogens with zero attached hydrogens (tertiary/aromatic N) is 2. The van der Waals surface area contributed by atoms with Crippen molar-refractivity contribution in [2.45, 2.75) is 6.54 Å². The van der Waals surface area contributed by atoms with Gasteiger partial charge in [-0.1, -0.05) is 41.7 Å². The van der Waals surface area contributed by atoms with Crippen molar-refractivity contribution in [2.24, 2.45) is 0 Å². The van der Waals surface area contributed by atoms with E-state index in [9.17, 15) is 4.79 Å². The maximum absolute atomic E-state index is 13.7. The van der Waals surface area contributed by atoms with Crippen LogP contribution in [0.2, 0.25) is 0 Å². The van der Waals surface area contributed by atoms with E-state index in [0.29, 0.717) is 33.5 Å². The largest absolute Gasteiger partial charge is 0.495 e. The van der Waals surface area contributed by atoms with E-state index in [2.05, 4.69) is 0 Å². The Kier molecular flexibility index (Phi) is 5.25. The highest BCUT2D eigenvalue weighted by atomic mass is 32.1. The summed E-state index contributed by atoms with van der Waals surface area (Å²) in [5, 5.41) is 2.62. The molecule has 7 heteroatoms. The van der Waals surface area contributed by atoms with Crippen molar-refractivity contribution in [1.29, 1.82) is 0 Å². The number of methoxy groups -OCH3 is 2. The zero-order valence-corrected chi connectivity index (χ0v) is 18.4. The molecule has 0 aliphatic carbocycles. The second-order valence-corrected chi connectivity index (χ2v) is 8.15. The highest BCUT2D eigenvalue weighted by Crippen LogP contribution is 2.40. The van der Waals surface area contributed by atoms with Crippen molar-refractivity contribution >= 4 is 43.4 Å². The van der Waals surface area contributed by atoms with Crippen molar-refractivity contribution < 1.29 is 18.7 Å². The van der Waals surface area contributed by atoms with Gasteiger partial charge in [-0.05, 0) is 47.2 Å². The molecule has 1 amide bonds. The summed E-state index contributed by atoms with van der Waals surface area (Å²) in [6.45, 7) is 0.253. The number of anilines is 1. The molecule has 0 fully saturated rings. The summed E-state index contributed by atoms with van der Waals surface area (Å²) < 4.78 is 17.4. The molecule has 0 spiro atoms. The van der Waals surface area contributed by atoms with Gasteiger partial charge in [0.25, 0.3) is 5.91 Å². The molecule has 5 aromatic rings. The van der Waals surface area contributed by atoms with Crippen LogP contribution in [0.5, 0.6) is 11.5 Å². The fourth-order valence-corrected chi connectivity index (χ4v) is 4.72. The predicted molar refractivity (Wildman–Crippen MR) is 126 cm³/mol. The quantitative estimate of drug-likeness (QED) is 0.326. The number of carbonyl (C=O) groups is 1. The average molecular weight is 445 g/mol. The zero-order chi connectivity index (χ0) is 22.1. The maximum Gasteiger partial charge on any atom is 0.260 e. The van der Waals surface area contributed by atoms with E-state index in [1.54, 1.807) is 31.4 Å². The lowest BCUT2D eigenvalue weighted by atomic mass is 10.1. The molecule has 0 unspecified atom stereocenters. The summed E-state index contributed by atoms with van der Waals surface area (Å²) in [5.41, 5.74) is 1.23. The summed E-state index contributed by atoms with van der Waals surface area (Å²) in [6.07, 6.45) is 1.60. The third-order valence-electron chi connectivity index (χ3n) is 5.27. The molecule has 0 N–H and O–H groups in total. The summed E-state index contributed by atoms with van der Waals surface area (Å²) in [7, 11) is 3.21. The van der Waals surface area contributed by atoms with Gasteiger partial charge in [-0.2, -0.15) is 0 Å². The Labute approximate surface area is 188 Å². The summed E-state index contributed by atoms with van der Waals surface area (Å²) in [6, 6.07) is 21.0. The van der Waals surface area contributed by atoms with Gasteiger partial charge < -0.3 is 13.9 Å². The standard InChI is InChI=1S/C25H20N2O4S/c1-29-20-11-12-21(30-2)23-22(20)26-25(32-23)27(15-19-8-5-13-31-19)24(28)18-10-9-16-6-3-4-7-17(16)14-18/h3-14H,15H2,1-2H3. The highest BCUT2D eigenvalue weighted by Gasteiger charge is 2.25. The first-order chi connectivity index (χ1) is 15.7. The fourth-order valence-electron chi connectivity index (χ4n) is 3.65. The van der Waals surface area contributed by atoms with Gasteiger partial charge in [0.2, 0.25) is 0 Å². The second kappa shape index (κ2) is 8.36. The van der Waals surface area contributed by atoms with Crippen LogP contribution in [0.25, 0.3) is 21.0 Å². The first-order valence-corrected chi connectivity index (χ1v) is 10.8. The van der Waals surface area contributed by atoms with Gasteiger partial charge >= 0.3 is 0 Å². The number of amides is 1. The molecule has 0 aliphatic rings. The maximum atomic E-state index is 13.7. The Bertz CT molecular complexity index is 1370. The third-order valence-corrected chi connectivity index (χ3v) is 6.36. The molecule has 0 saturated carbocycles. The lowest BCUT2D eigenvalue weighted by Crippen LogP contribution is -2.30. The van der Waals surface area contributed by atoms with Gasteiger partial charge in [0.1, 0.15) is 27.5 Å². The molecule has 32 heavy (non-hydrogen) atoms. The summed E-state index contributed by atoms with van der Waals surface area (Å²) in [5.74, 6) is 1.81. The highest BCUT2D eigenvalue weighted by molar-refractivity contribution is 7.22. The molecule has 2 aromatic heterocycles. The van der Waals surface area contributed by atoms with E-state index in [4.69, 9.17) is 18.9 Å². The van der Waals surface area contributed by atoms with E-state index in [0.717, 1.165) is 15.5 Å². The first-order valence-electron chi connectivity index (χ1n) is 10.0. The normalized spacial score (nSPS) is 11.1. The van der Waals surface area contributed by atoms with Crippen molar-refractivity contribution in [1.82, 2.24) is 4.98 Å². The molecular weight excluding hydrogens is 424 g/mol. The van der Waals surface area contributed by atoms with Crippen LogP contribution in [-0.2, 0) is 6.54 Å². The minimum absolute atomic E-state index is 0.163. The average Bonchev–Trinajstić information content (AvgIpc) is 3.51.